The van der Waals surface area contributed by atoms with Crippen LogP contribution in [0.2, 0.25) is 0 Å². The first-order valence-corrected chi connectivity index (χ1v) is 15.9. The van der Waals surface area contributed by atoms with Gasteiger partial charge in [-0.3, -0.25) is 9.59 Å². The minimum absolute atomic E-state index is 0.0658. The van der Waals surface area contributed by atoms with Crippen LogP contribution >= 0.6 is 0 Å². The molecule has 2 aromatic heterocycles. The van der Waals surface area contributed by atoms with Gasteiger partial charge in [-0.05, 0) is 77.1 Å². The average Bonchev–Trinajstić information content (AvgIpc) is 3.67. The van der Waals surface area contributed by atoms with E-state index in [0.29, 0.717) is 18.0 Å². The molecule has 1 fully saturated rings. The van der Waals surface area contributed by atoms with Gasteiger partial charge in [0.05, 0.1) is 6.42 Å². The predicted molar refractivity (Wildman–Crippen MR) is 178 cm³/mol. The standard InChI is InChI=1S/C38H41N3O4/c1-38(2,3)27-13-16-29(17-14-27)45-30-15-12-25-20-35(41-34(32(25)22-30)18-24-8-4-5-9-24)37(44)40-28(21-36(42)43)19-26-23-39-33-11-7-6-10-31(26)33/h6-7,10-17,20,22-24,28,39H,4-5,8-9,18-19,21H2,1-3H3,(H,40,44)(H,42,43)/t28-/m0/s1. The lowest BCUT2D eigenvalue weighted by atomic mass is 9.87. The van der Waals surface area contributed by atoms with E-state index in [9.17, 15) is 14.7 Å². The molecule has 0 radical (unpaired) electrons. The molecule has 0 unspecified atom stereocenters. The van der Waals surface area contributed by atoms with Gasteiger partial charge in [0.25, 0.3) is 5.91 Å². The van der Waals surface area contributed by atoms with Crippen molar-refractivity contribution in [3.8, 4) is 11.5 Å². The van der Waals surface area contributed by atoms with Crippen molar-refractivity contribution in [3.63, 3.8) is 0 Å². The first-order valence-electron chi connectivity index (χ1n) is 15.9. The number of carbonyl (C=O) groups is 2. The number of nitrogens with one attached hydrogen (secondary N) is 2. The van der Waals surface area contributed by atoms with Crippen LogP contribution in [0.25, 0.3) is 21.7 Å². The Morgan fingerprint density at radius 2 is 1.71 bits per heavy atom. The Balaban J connectivity index is 1.27. The second-order valence-corrected chi connectivity index (χ2v) is 13.4. The van der Waals surface area contributed by atoms with E-state index in [4.69, 9.17) is 9.72 Å². The van der Waals surface area contributed by atoms with Crippen LogP contribution in [-0.2, 0) is 23.1 Å². The number of aromatic nitrogens is 2. The number of aromatic amines is 1. The van der Waals surface area contributed by atoms with Crippen molar-refractivity contribution >= 4 is 33.6 Å². The van der Waals surface area contributed by atoms with Gasteiger partial charge in [-0.1, -0.05) is 82.9 Å². The summed E-state index contributed by atoms with van der Waals surface area (Å²) in [6, 6.07) is 23.2. The minimum atomic E-state index is -0.964. The Kier molecular flexibility index (Phi) is 8.61. The maximum Gasteiger partial charge on any atom is 0.305 e. The number of carboxylic acid groups (broad SMARTS) is 1. The summed E-state index contributed by atoms with van der Waals surface area (Å²) in [4.78, 5) is 33.6. The van der Waals surface area contributed by atoms with Gasteiger partial charge in [-0.25, -0.2) is 4.98 Å². The van der Waals surface area contributed by atoms with Crippen molar-refractivity contribution in [1.82, 2.24) is 15.3 Å². The molecule has 1 aliphatic carbocycles. The normalized spacial score (nSPS) is 14.6. The third-order valence-electron chi connectivity index (χ3n) is 8.93. The number of H-pyrrole nitrogens is 1. The number of pyridine rings is 1. The fourth-order valence-corrected chi connectivity index (χ4v) is 6.49. The van der Waals surface area contributed by atoms with Crippen molar-refractivity contribution in [2.75, 3.05) is 0 Å². The molecular weight excluding hydrogens is 562 g/mol. The van der Waals surface area contributed by atoms with Crippen molar-refractivity contribution in [2.45, 2.75) is 77.2 Å². The highest BCUT2D eigenvalue weighted by atomic mass is 16.5. The summed E-state index contributed by atoms with van der Waals surface area (Å²) >= 11 is 0. The topological polar surface area (TPSA) is 104 Å². The van der Waals surface area contributed by atoms with Crippen LogP contribution in [0.5, 0.6) is 11.5 Å². The largest absolute Gasteiger partial charge is 0.481 e. The van der Waals surface area contributed by atoms with Gasteiger partial charge in [0.2, 0.25) is 0 Å². The lowest BCUT2D eigenvalue weighted by Crippen LogP contribution is -2.38. The highest BCUT2D eigenvalue weighted by Gasteiger charge is 2.23. The van der Waals surface area contributed by atoms with Gasteiger partial charge in [-0.15, -0.1) is 0 Å². The average molecular weight is 604 g/mol. The van der Waals surface area contributed by atoms with Crippen molar-refractivity contribution in [2.24, 2.45) is 5.92 Å². The van der Waals surface area contributed by atoms with E-state index in [1.165, 1.54) is 18.4 Å². The van der Waals surface area contributed by atoms with Gasteiger partial charge in [0.15, 0.2) is 0 Å². The Bertz CT molecular complexity index is 1830. The number of rotatable bonds is 10. The maximum atomic E-state index is 13.7. The number of benzene rings is 3. The molecule has 3 aromatic carbocycles. The van der Waals surface area contributed by atoms with Crippen LogP contribution < -0.4 is 10.1 Å². The molecule has 232 valence electrons. The van der Waals surface area contributed by atoms with Crippen LogP contribution in [0.15, 0.2) is 79.0 Å². The van der Waals surface area contributed by atoms with Crippen LogP contribution in [0.3, 0.4) is 0 Å². The molecular formula is C38H41N3O4. The van der Waals surface area contributed by atoms with Crippen LogP contribution in [0.4, 0.5) is 0 Å². The van der Waals surface area contributed by atoms with Gasteiger partial charge in [0.1, 0.15) is 17.2 Å². The van der Waals surface area contributed by atoms with Crippen molar-refractivity contribution < 1.29 is 19.4 Å². The smallest absolute Gasteiger partial charge is 0.305 e. The van der Waals surface area contributed by atoms with E-state index in [0.717, 1.165) is 63.7 Å². The van der Waals surface area contributed by atoms with Crippen molar-refractivity contribution in [1.29, 1.82) is 0 Å². The second kappa shape index (κ2) is 12.8. The first kappa shape index (κ1) is 30.4. The van der Waals surface area contributed by atoms with Gasteiger partial charge in [-0.2, -0.15) is 0 Å². The summed E-state index contributed by atoms with van der Waals surface area (Å²) in [6.07, 6.45) is 7.61. The summed E-state index contributed by atoms with van der Waals surface area (Å²) in [5, 5.41) is 15.5. The van der Waals surface area contributed by atoms with Gasteiger partial charge >= 0.3 is 5.97 Å². The molecule has 7 heteroatoms. The highest BCUT2D eigenvalue weighted by Crippen LogP contribution is 2.33. The number of carbonyl (C=O) groups excluding carboxylic acids is 1. The third-order valence-corrected chi connectivity index (χ3v) is 8.93. The maximum absolute atomic E-state index is 13.7. The SMILES string of the molecule is CC(C)(C)c1ccc(Oc2ccc3cc(C(=O)N[C@H](CC(=O)O)Cc4c[nH]c5ccccc45)nc(CC4CCCC4)c3c2)cc1. The molecule has 3 N–H and O–H groups in total. The molecule has 45 heavy (non-hydrogen) atoms. The Morgan fingerprint density at radius 1 is 0.978 bits per heavy atom. The van der Waals surface area contributed by atoms with Gasteiger partial charge in [0, 0.05) is 34.2 Å². The third kappa shape index (κ3) is 7.19. The quantitative estimate of drug-likeness (QED) is 0.149. The molecule has 0 saturated heterocycles. The van der Waals surface area contributed by atoms with E-state index in [2.05, 4.69) is 43.2 Å². The Labute approximate surface area is 264 Å². The summed E-state index contributed by atoms with van der Waals surface area (Å²) in [5.41, 5.74) is 4.43. The van der Waals surface area contributed by atoms with Gasteiger partial charge < -0.3 is 20.1 Å². The predicted octanol–water partition coefficient (Wildman–Crippen LogP) is 8.35. The zero-order valence-electron chi connectivity index (χ0n) is 26.2. The number of hydrogen-bond donors (Lipinski definition) is 3. The van der Waals surface area contributed by atoms with E-state index in [-0.39, 0.29) is 17.7 Å². The summed E-state index contributed by atoms with van der Waals surface area (Å²) in [5.74, 6) is 0.681. The number of nitrogens with zero attached hydrogens (tertiary/aromatic N) is 1. The number of ether oxygens (including phenoxy) is 1. The van der Waals surface area contributed by atoms with Crippen LogP contribution in [-0.4, -0.2) is 33.0 Å². The summed E-state index contributed by atoms with van der Waals surface area (Å²) in [7, 11) is 0. The Hall–Kier alpha value is -4.65. The zero-order valence-corrected chi connectivity index (χ0v) is 26.2. The fraction of sp³-hybridized carbons (Fsp3) is 0.342. The second-order valence-electron chi connectivity index (χ2n) is 13.4. The lowest BCUT2D eigenvalue weighted by molar-refractivity contribution is -0.137. The van der Waals surface area contributed by atoms with Crippen LogP contribution in [0, 0.1) is 5.92 Å². The number of amides is 1. The Morgan fingerprint density at radius 3 is 2.44 bits per heavy atom. The number of fused-ring (bicyclic) bond motifs is 2. The molecule has 1 amide bonds. The van der Waals surface area contributed by atoms with Crippen LogP contribution in [0.1, 0.15) is 80.2 Å². The molecule has 1 aliphatic rings. The summed E-state index contributed by atoms with van der Waals surface area (Å²) in [6.45, 7) is 6.57. The monoisotopic (exact) mass is 603 g/mol. The number of hydrogen-bond acceptors (Lipinski definition) is 4. The lowest BCUT2D eigenvalue weighted by Gasteiger charge is -2.19. The van der Waals surface area contributed by atoms with E-state index < -0.39 is 12.0 Å². The number of carboxylic acids is 1. The molecule has 5 aromatic rings. The van der Waals surface area contributed by atoms with Crippen molar-refractivity contribution in [3.05, 3.63) is 102 Å². The number of para-hydroxylation sites is 1. The molecule has 7 nitrogen and oxygen atoms in total. The van der Waals surface area contributed by atoms with E-state index in [1.807, 2.05) is 60.8 Å². The molecule has 0 bridgehead atoms. The molecule has 0 aliphatic heterocycles. The molecule has 6 rings (SSSR count). The minimum Gasteiger partial charge on any atom is -0.481 e. The fourth-order valence-electron chi connectivity index (χ4n) is 6.49. The first-order chi connectivity index (χ1) is 21.6. The van der Waals surface area contributed by atoms with E-state index >= 15 is 0 Å². The number of aliphatic carboxylic acids is 1. The highest BCUT2D eigenvalue weighted by molar-refractivity contribution is 5.98. The molecule has 1 atom stereocenters. The molecule has 2 heterocycles. The molecule has 0 spiro atoms. The zero-order chi connectivity index (χ0) is 31.6. The van der Waals surface area contributed by atoms with E-state index in [1.54, 1.807) is 6.07 Å². The summed E-state index contributed by atoms with van der Waals surface area (Å²) < 4.78 is 6.26. The molecule has 1 saturated carbocycles.